The van der Waals surface area contributed by atoms with Crippen LogP contribution in [0.15, 0.2) is 18.2 Å². The summed E-state index contributed by atoms with van der Waals surface area (Å²) in [6.07, 6.45) is 3.23. The molecule has 0 saturated heterocycles. The van der Waals surface area contributed by atoms with Crippen LogP contribution in [0.3, 0.4) is 0 Å². The molecule has 1 saturated carbocycles. The Kier molecular flexibility index (Phi) is 4.14. The van der Waals surface area contributed by atoms with Crippen LogP contribution in [0.1, 0.15) is 38.7 Å². The molecule has 0 bridgehead atoms. The van der Waals surface area contributed by atoms with Gasteiger partial charge in [0, 0.05) is 6.04 Å². The first-order valence-corrected chi connectivity index (χ1v) is 7.02. The number of nitrogens with one attached hydrogen (secondary N) is 1. The van der Waals surface area contributed by atoms with Crippen molar-refractivity contribution < 1.29 is 9.13 Å². The van der Waals surface area contributed by atoms with Gasteiger partial charge in [-0.1, -0.05) is 26.0 Å². The Morgan fingerprint density at radius 3 is 2.79 bits per heavy atom. The fourth-order valence-corrected chi connectivity index (χ4v) is 2.85. The zero-order valence-corrected chi connectivity index (χ0v) is 12.3. The molecule has 3 heteroatoms. The van der Waals surface area contributed by atoms with Gasteiger partial charge in [-0.2, -0.15) is 0 Å². The maximum Gasteiger partial charge on any atom is 0.167 e. The topological polar surface area (TPSA) is 21.3 Å². The molecule has 1 aliphatic rings. The normalized spacial score (nSPS) is 26.2. The van der Waals surface area contributed by atoms with Gasteiger partial charge in [0.2, 0.25) is 0 Å². The van der Waals surface area contributed by atoms with Gasteiger partial charge in [-0.05, 0) is 50.3 Å². The highest BCUT2D eigenvalue weighted by molar-refractivity contribution is 5.30. The number of benzene rings is 1. The van der Waals surface area contributed by atoms with Crippen LogP contribution in [0.2, 0.25) is 0 Å². The first kappa shape index (κ1) is 14.3. The summed E-state index contributed by atoms with van der Waals surface area (Å²) in [5, 5.41) is 3.30. The maximum atomic E-state index is 14.0. The molecule has 0 aliphatic heterocycles. The molecule has 1 aromatic rings. The average Bonchev–Trinajstić information content (AvgIpc) is 2.34. The molecule has 2 atom stereocenters. The summed E-state index contributed by atoms with van der Waals surface area (Å²) in [4.78, 5) is 0. The van der Waals surface area contributed by atoms with Crippen molar-refractivity contribution in [1.29, 1.82) is 0 Å². The maximum absolute atomic E-state index is 14.0. The second kappa shape index (κ2) is 5.49. The van der Waals surface area contributed by atoms with E-state index < -0.39 is 0 Å². The Balaban J connectivity index is 2.17. The molecule has 19 heavy (non-hydrogen) atoms. The van der Waals surface area contributed by atoms with E-state index in [1.54, 1.807) is 19.1 Å². The van der Waals surface area contributed by atoms with Crippen LogP contribution < -0.4 is 10.1 Å². The van der Waals surface area contributed by atoms with Gasteiger partial charge in [0.05, 0.1) is 0 Å². The molecular formula is C16H24FNO. The summed E-state index contributed by atoms with van der Waals surface area (Å²) >= 11 is 0. The minimum Gasteiger partial charge on any atom is -0.486 e. The van der Waals surface area contributed by atoms with Crippen LogP contribution in [0.4, 0.5) is 4.39 Å². The van der Waals surface area contributed by atoms with Gasteiger partial charge in [0.25, 0.3) is 0 Å². The zero-order valence-electron chi connectivity index (χ0n) is 12.3. The SMILES string of the molecule is CNC1CCC(C)(C)CC1Oc1cccc(C)c1F. The van der Waals surface area contributed by atoms with Gasteiger partial charge >= 0.3 is 0 Å². The lowest BCUT2D eigenvalue weighted by atomic mass is 9.74. The van der Waals surface area contributed by atoms with E-state index in [1.165, 1.54) is 6.42 Å². The Labute approximate surface area is 115 Å². The molecule has 0 aromatic heterocycles. The number of rotatable bonds is 3. The number of ether oxygens (including phenoxy) is 1. The van der Waals surface area contributed by atoms with Crippen LogP contribution in [-0.4, -0.2) is 19.2 Å². The highest BCUT2D eigenvalue weighted by Crippen LogP contribution is 2.37. The van der Waals surface area contributed by atoms with Crippen molar-refractivity contribution in [3.05, 3.63) is 29.6 Å². The van der Waals surface area contributed by atoms with Gasteiger partial charge in [-0.25, -0.2) is 4.39 Å². The van der Waals surface area contributed by atoms with E-state index >= 15 is 0 Å². The largest absolute Gasteiger partial charge is 0.486 e. The van der Waals surface area contributed by atoms with E-state index in [2.05, 4.69) is 19.2 Å². The van der Waals surface area contributed by atoms with E-state index in [9.17, 15) is 4.39 Å². The van der Waals surface area contributed by atoms with E-state index in [-0.39, 0.29) is 17.3 Å². The molecule has 0 spiro atoms. The Morgan fingerprint density at radius 2 is 2.11 bits per heavy atom. The first-order valence-electron chi connectivity index (χ1n) is 7.02. The number of hydrogen-bond donors (Lipinski definition) is 1. The molecule has 0 amide bonds. The fourth-order valence-electron chi connectivity index (χ4n) is 2.85. The molecule has 1 aliphatic carbocycles. The van der Waals surface area contributed by atoms with Crippen molar-refractivity contribution in [2.75, 3.05) is 7.05 Å². The monoisotopic (exact) mass is 265 g/mol. The van der Waals surface area contributed by atoms with Crippen molar-refractivity contribution in [2.24, 2.45) is 5.41 Å². The molecule has 2 unspecified atom stereocenters. The number of hydrogen-bond acceptors (Lipinski definition) is 2. The van der Waals surface area contributed by atoms with Crippen LogP contribution >= 0.6 is 0 Å². The smallest absolute Gasteiger partial charge is 0.167 e. The molecule has 106 valence electrons. The Morgan fingerprint density at radius 1 is 1.37 bits per heavy atom. The van der Waals surface area contributed by atoms with Crippen molar-refractivity contribution in [3.63, 3.8) is 0 Å². The van der Waals surface area contributed by atoms with Crippen molar-refractivity contribution in [1.82, 2.24) is 5.32 Å². The minimum atomic E-state index is -0.235. The third kappa shape index (κ3) is 3.27. The highest BCUT2D eigenvalue weighted by Gasteiger charge is 2.35. The van der Waals surface area contributed by atoms with Gasteiger partial charge < -0.3 is 10.1 Å². The lowest BCUT2D eigenvalue weighted by molar-refractivity contribution is 0.0530. The Hall–Kier alpha value is -1.09. The third-order valence-corrected chi connectivity index (χ3v) is 4.14. The van der Waals surface area contributed by atoms with Crippen LogP contribution in [0, 0.1) is 18.2 Å². The molecule has 0 heterocycles. The quantitative estimate of drug-likeness (QED) is 0.900. The van der Waals surface area contributed by atoms with Gasteiger partial charge in [-0.15, -0.1) is 0 Å². The molecule has 2 nitrogen and oxygen atoms in total. The third-order valence-electron chi connectivity index (χ3n) is 4.14. The summed E-state index contributed by atoms with van der Waals surface area (Å²) in [5.74, 6) is 0.142. The number of aryl methyl sites for hydroxylation is 1. The van der Waals surface area contributed by atoms with Crippen molar-refractivity contribution in [3.8, 4) is 5.75 Å². The van der Waals surface area contributed by atoms with Crippen LogP contribution in [0.25, 0.3) is 0 Å². The van der Waals surface area contributed by atoms with Crippen LogP contribution in [-0.2, 0) is 0 Å². The lowest BCUT2D eigenvalue weighted by Crippen LogP contribution is -2.47. The second-order valence-electron chi connectivity index (χ2n) is 6.35. The summed E-state index contributed by atoms with van der Waals surface area (Å²) < 4.78 is 20.0. The van der Waals surface area contributed by atoms with Gasteiger partial charge in [0.15, 0.2) is 11.6 Å². The second-order valence-corrected chi connectivity index (χ2v) is 6.35. The summed E-state index contributed by atoms with van der Waals surface area (Å²) in [6, 6.07) is 5.63. The number of likely N-dealkylation sites (N-methyl/N-ethyl adjacent to an activating group) is 1. The lowest BCUT2D eigenvalue weighted by Gasteiger charge is -2.40. The highest BCUT2D eigenvalue weighted by atomic mass is 19.1. The standard InChI is InChI=1S/C16H24FNO/c1-11-6-5-7-13(15(11)17)19-14-10-16(2,3)9-8-12(14)18-4/h5-7,12,14,18H,8-10H2,1-4H3. The van der Waals surface area contributed by atoms with Gasteiger partial charge in [0.1, 0.15) is 6.10 Å². The first-order chi connectivity index (χ1) is 8.93. The molecule has 1 fully saturated rings. The van der Waals surface area contributed by atoms with Gasteiger partial charge in [-0.3, -0.25) is 0 Å². The van der Waals surface area contributed by atoms with E-state index in [0.29, 0.717) is 17.4 Å². The summed E-state index contributed by atoms with van der Waals surface area (Å²) in [7, 11) is 1.95. The predicted molar refractivity (Wildman–Crippen MR) is 76.0 cm³/mol. The minimum absolute atomic E-state index is 0.0325. The van der Waals surface area contributed by atoms with Crippen LogP contribution in [0.5, 0.6) is 5.75 Å². The predicted octanol–water partition coefficient (Wildman–Crippen LogP) is 3.68. The number of halogens is 1. The Bertz CT molecular complexity index is 444. The summed E-state index contributed by atoms with van der Waals surface area (Å²) in [6.45, 7) is 6.27. The fraction of sp³-hybridized carbons (Fsp3) is 0.625. The molecule has 2 rings (SSSR count). The van der Waals surface area contributed by atoms with Crippen molar-refractivity contribution in [2.45, 2.75) is 52.2 Å². The molecular weight excluding hydrogens is 241 g/mol. The van der Waals surface area contributed by atoms with E-state index in [4.69, 9.17) is 4.74 Å². The summed E-state index contributed by atoms with van der Waals surface area (Å²) in [5.41, 5.74) is 0.895. The molecule has 1 aromatic carbocycles. The van der Waals surface area contributed by atoms with E-state index in [1.807, 2.05) is 13.1 Å². The van der Waals surface area contributed by atoms with E-state index in [0.717, 1.165) is 12.8 Å². The average molecular weight is 265 g/mol. The molecule has 1 N–H and O–H groups in total. The zero-order chi connectivity index (χ0) is 14.0. The van der Waals surface area contributed by atoms with Crippen molar-refractivity contribution >= 4 is 0 Å². The molecule has 0 radical (unpaired) electrons.